The average molecular weight is 416 g/mol. The van der Waals surface area contributed by atoms with Crippen LogP contribution in [0.5, 0.6) is 0 Å². The molecule has 3 aliphatic heterocycles. The van der Waals surface area contributed by atoms with E-state index in [4.69, 9.17) is 14.7 Å². The van der Waals surface area contributed by atoms with Crippen LogP contribution in [0.2, 0.25) is 0 Å². The number of aryl methyl sites for hydroxylation is 1. The minimum absolute atomic E-state index is 0.0132. The molecule has 2 fully saturated rings. The number of aromatic nitrogens is 2. The van der Waals surface area contributed by atoms with Gasteiger partial charge in [0.2, 0.25) is 11.8 Å². The highest BCUT2D eigenvalue weighted by Crippen LogP contribution is 2.31. The second kappa shape index (κ2) is 9.29. The maximum Gasteiger partial charge on any atom is 0.248 e. The number of fused-ring (bicyclic) bond motifs is 1. The molecule has 0 aromatic carbocycles. The van der Waals surface area contributed by atoms with E-state index in [1.54, 1.807) is 0 Å². The summed E-state index contributed by atoms with van der Waals surface area (Å²) in [4.78, 5) is 39.9. The molecule has 0 N–H and O–H groups in total. The predicted octanol–water partition coefficient (Wildman–Crippen LogP) is 1.51. The molecular weight excluding hydrogens is 382 g/mol. The van der Waals surface area contributed by atoms with Crippen LogP contribution in [0.25, 0.3) is 0 Å². The Hall–Kier alpha value is -2.22. The molecule has 2 amide bonds. The highest BCUT2D eigenvalue weighted by atomic mass is 16.5. The Bertz CT molecular complexity index is 799. The van der Waals surface area contributed by atoms with E-state index >= 15 is 0 Å². The monoisotopic (exact) mass is 415 g/mol. The van der Waals surface area contributed by atoms with Crippen molar-refractivity contribution in [1.82, 2.24) is 19.8 Å². The normalized spacial score (nSPS) is 21.9. The summed E-state index contributed by atoms with van der Waals surface area (Å²) in [6, 6.07) is 0. The fourth-order valence-electron chi connectivity index (χ4n) is 4.77. The van der Waals surface area contributed by atoms with E-state index in [1.807, 2.05) is 9.80 Å². The van der Waals surface area contributed by atoms with Gasteiger partial charge in [-0.05, 0) is 39.0 Å². The summed E-state index contributed by atoms with van der Waals surface area (Å²) >= 11 is 0. The first-order valence-corrected chi connectivity index (χ1v) is 11.2. The van der Waals surface area contributed by atoms with Crippen molar-refractivity contribution in [3.05, 3.63) is 17.1 Å². The van der Waals surface area contributed by atoms with Crippen LogP contribution in [-0.4, -0.2) is 84.6 Å². The van der Waals surface area contributed by atoms with Crippen molar-refractivity contribution in [2.24, 2.45) is 0 Å². The summed E-state index contributed by atoms with van der Waals surface area (Å²) in [5.74, 6) is 2.30. The number of ether oxygens (including phenoxy) is 1. The van der Waals surface area contributed by atoms with Crippen molar-refractivity contribution < 1.29 is 14.3 Å². The largest absolute Gasteiger partial charge is 0.370 e. The van der Waals surface area contributed by atoms with Crippen molar-refractivity contribution in [3.63, 3.8) is 0 Å². The minimum Gasteiger partial charge on any atom is -0.370 e. The minimum atomic E-state index is 0.0132. The van der Waals surface area contributed by atoms with Gasteiger partial charge in [-0.1, -0.05) is 0 Å². The molecule has 1 atom stereocenters. The lowest BCUT2D eigenvalue weighted by molar-refractivity contribution is -0.137. The van der Waals surface area contributed by atoms with E-state index in [0.29, 0.717) is 26.1 Å². The van der Waals surface area contributed by atoms with Crippen molar-refractivity contribution in [2.75, 3.05) is 57.9 Å². The molecule has 0 unspecified atom stereocenters. The second-order valence-corrected chi connectivity index (χ2v) is 8.71. The number of rotatable bonds is 6. The van der Waals surface area contributed by atoms with Gasteiger partial charge in [-0.15, -0.1) is 0 Å². The molecule has 0 saturated carbocycles. The lowest BCUT2D eigenvalue weighted by Crippen LogP contribution is -2.42. The number of anilines is 1. The molecule has 30 heavy (non-hydrogen) atoms. The SMILES string of the molecule is Cc1nc([C@@H]2CCCN(C(=O)COCCN3CCCC3=O)C2)nc2c1CCCN2C. The Kier molecular flexibility index (Phi) is 6.51. The van der Waals surface area contributed by atoms with Crippen molar-refractivity contribution >= 4 is 17.6 Å². The molecular formula is C22H33N5O3. The zero-order chi connectivity index (χ0) is 21.1. The molecule has 8 nitrogen and oxygen atoms in total. The lowest BCUT2D eigenvalue weighted by Gasteiger charge is -2.33. The van der Waals surface area contributed by atoms with Gasteiger partial charge in [-0.3, -0.25) is 9.59 Å². The third kappa shape index (κ3) is 4.58. The van der Waals surface area contributed by atoms with Gasteiger partial charge in [0, 0.05) is 63.4 Å². The van der Waals surface area contributed by atoms with E-state index in [9.17, 15) is 9.59 Å². The van der Waals surface area contributed by atoms with Crippen molar-refractivity contribution in [1.29, 1.82) is 0 Å². The molecule has 8 heteroatoms. The van der Waals surface area contributed by atoms with Crippen molar-refractivity contribution in [3.8, 4) is 0 Å². The number of hydrogen-bond donors (Lipinski definition) is 0. The van der Waals surface area contributed by atoms with Crippen LogP contribution in [0.1, 0.15) is 55.1 Å². The second-order valence-electron chi connectivity index (χ2n) is 8.71. The van der Waals surface area contributed by atoms with Crippen LogP contribution in [-0.2, 0) is 20.7 Å². The van der Waals surface area contributed by atoms with Crippen LogP contribution in [0.3, 0.4) is 0 Å². The fraction of sp³-hybridized carbons (Fsp3) is 0.727. The van der Waals surface area contributed by atoms with Gasteiger partial charge >= 0.3 is 0 Å². The van der Waals surface area contributed by atoms with E-state index in [0.717, 1.165) is 69.1 Å². The van der Waals surface area contributed by atoms with Crippen LogP contribution < -0.4 is 4.90 Å². The molecule has 1 aromatic heterocycles. The van der Waals surface area contributed by atoms with E-state index in [2.05, 4.69) is 18.9 Å². The average Bonchev–Trinajstić information content (AvgIpc) is 3.16. The third-order valence-electron chi connectivity index (χ3n) is 6.53. The smallest absolute Gasteiger partial charge is 0.248 e. The Labute approximate surface area is 178 Å². The predicted molar refractivity (Wildman–Crippen MR) is 114 cm³/mol. The standard InChI is InChI=1S/C22H33N5O3/c1-16-18-7-4-9-25(2)22(18)24-21(23-16)17-6-3-11-27(14-17)20(29)15-30-13-12-26-10-5-8-19(26)28/h17H,3-15H2,1-2H3/t17-/m1/s1. The Balaban J connectivity index is 1.32. The number of carbonyl (C=O) groups excluding carboxylic acids is 2. The quantitative estimate of drug-likeness (QED) is 0.656. The molecule has 0 spiro atoms. The van der Waals surface area contributed by atoms with E-state index in [1.165, 1.54) is 5.56 Å². The van der Waals surface area contributed by atoms with Gasteiger partial charge < -0.3 is 19.4 Å². The van der Waals surface area contributed by atoms with Crippen LogP contribution >= 0.6 is 0 Å². The Morgan fingerprint density at radius 1 is 1.13 bits per heavy atom. The van der Waals surface area contributed by atoms with Crippen LogP contribution in [0, 0.1) is 6.92 Å². The highest BCUT2D eigenvalue weighted by Gasteiger charge is 2.29. The molecule has 4 rings (SSSR count). The maximum atomic E-state index is 12.7. The first-order chi connectivity index (χ1) is 14.5. The number of nitrogens with zero attached hydrogens (tertiary/aromatic N) is 5. The van der Waals surface area contributed by atoms with E-state index < -0.39 is 0 Å². The molecule has 1 aromatic rings. The third-order valence-corrected chi connectivity index (χ3v) is 6.53. The van der Waals surface area contributed by atoms with Gasteiger partial charge in [0.25, 0.3) is 0 Å². The summed E-state index contributed by atoms with van der Waals surface area (Å²) in [5, 5.41) is 0. The summed E-state index contributed by atoms with van der Waals surface area (Å²) in [6.45, 7) is 6.37. The van der Waals surface area contributed by atoms with Crippen molar-refractivity contribution in [2.45, 2.75) is 51.4 Å². The topological polar surface area (TPSA) is 78.9 Å². The molecule has 0 bridgehead atoms. The van der Waals surface area contributed by atoms with E-state index in [-0.39, 0.29) is 24.3 Å². The summed E-state index contributed by atoms with van der Waals surface area (Å²) in [6.07, 6.45) is 5.70. The number of piperidine rings is 1. The summed E-state index contributed by atoms with van der Waals surface area (Å²) < 4.78 is 5.58. The molecule has 3 aliphatic rings. The lowest BCUT2D eigenvalue weighted by atomic mass is 9.96. The molecule has 2 saturated heterocycles. The summed E-state index contributed by atoms with van der Waals surface area (Å²) in [7, 11) is 2.10. The first kappa shape index (κ1) is 21.0. The van der Waals surface area contributed by atoms with Gasteiger partial charge in [0.05, 0.1) is 6.61 Å². The molecule has 164 valence electrons. The Morgan fingerprint density at radius 3 is 2.77 bits per heavy atom. The number of hydrogen-bond acceptors (Lipinski definition) is 6. The van der Waals surface area contributed by atoms with Crippen LogP contribution in [0.4, 0.5) is 5.82 Å². The van der Waals surface area contributed by atoms with Gasteiger partial charge in [0.15, 0.2) is 0 Å². The van der Waals surface area contributed by atoms with Gasteiger partial charge in [0.1, 0.15) is 18.2 Å². The number of likely N-dealkylation sites (tertiary alicyclic amines) is 2. The fourth-order valence-corrected chi connectivity index (χ4v) is 4.77. The van der Waals surface area contributed by atoms with Gasteiger partial charge in [-0.2, -0.15) is 0 Å². The molecule has 4 heterocycles. The molecule has 0 radical (unpaired) electrons. The Morgan fingerprint density at radius 2 is 1.97 bits per heavy atom. The maximum absolute atomic E-state index is 12.7. The number of amides is 2. The summed E-state index contributed by atoms with van der Waals surface area (Å²) in [5.41, 5.74) is 2.34. The molecule has 0 aliphatic carbocycles. The number of carbonyl (C=O) groups is 2. The zero-order valence-electron chi connectivity index (χ0n) is 18.2. The highest BCUT2D eigenvalue weighted by molar-refractivity contribution is 5.78. The first-order valence-electron chi connectivity index (χ1n) is 11.2. The zero-order valence-corrected chi connectivity index (χ0v) is 18.2. The van der Waals surface area contributed by atoms with Gasteiger partial charge in [-0.25, -0.2) is 9.97 Å². The van der Waals surface area contributed by atoms with Crippen LogP contribution in [0.15, 0.2) is 0 Å².